The van der Waals surface area contributed by atoms with Crippen molar-refractivity contribution in [1.29, 1.82) is 0 Å². The smallest absolute Gasteiger partial charge is 0.329 e. The Bertz CT molecular complexity index is 501. The number of aryl methyl sites for hydroxylation is 2. The van der Waals surface area contributed by atoms with Crippen molar-refractivity contribution in [1.82, 2.24) is 15.5 Å². The Kier molecular flexibility index (Phi) is 7.01. The minimum Gasteiger partial charge on any atom is -0.480 e. The molecule has 2 N–H and O–H groups in total. The van der Waals surface area contributed by atoms with Gasteiger partial charge in [-0.1, -0.05) is 25.4 Å². The Morgan fingerprint density at radius 2 is 2.00 bits per heavy atom. The molecule has 7 nitrogen and oxygen atoms in total. The summed E-state index contributed by atoms with van der Waals surface area (Å²) in [6, 6.07) is 0. The molecule has 1 aromatic heterocycles. The highest BCUT2D eigenvalue weighted by atomic mass is 16.5. The van der Waals surface area contributed by atoms with Crippen molar-refractivity contribution in [2.45, 2.75) is 71.3 Å². The summed E-state index contributed by atoms with van der Waals surface area (Å²) in [5.41, 5.74) is -1.20. The van der Waals surface area contributed by atoms with E-state index in [4.69, 9.17) is 4.52 Å². The molecule has 1 unspecified atom stereocenters. The van der Waals surface area contributed by atoms with Crippen LogP contribution in [-0.4, -0.2) is 32.7 Å². The quantitative estimate of drug-likeness (QED) is 0.685. The lowest BCUT2D eigenvalue weighted by Gasteiger charge is -2.25. The summed E-state index contributed by atoms with van der Waals surface area (Å²) in [5, 5.41) is 15.7. The van der Waals surface area contributed by atoms with Crippen molar-refractivity contribution >= 4 is 11.9 Å². The number of carbonyl (C=O) groups excluding carboxylic acids is 1. The van der Waals surface area contributed by atoms with E-state index in [0.29, 0.717) is 37.4 Å². The van der Waals surface area contributed by atoms with Crippen molar-refractivity contribution in [2.75, 3.05) is 0 Å². The zero-order valence-corrected chi connectivity index (χ0v) is 13.5. The molecule has 0 aliphatic carbocycles. The highest BCUT2D eigenvalue weighted by molar-refractivity contribution is 5.86. The van der Waals surface area contributed by atoms with Gasteiger partial charge in [0.05, 0.1) is 0 Å². The van der Waals surface area contributed by atoms with E-state index in [-0.39, 0.29) is 12.3 Å². The Labute approximate surface area is 130 Å². The average Bonchev–Trinajstić information content (AvgIpc) is 2.87. The molecular weight excluding hydrogens is 286 g/mol. The Balaban J connectivity index is 2.40. The van der Waals surface area contributed by atoms with Crippen LogP contribution >= 0.6 is 0 Å². The van der Waals surface area contributed by atoms with E-state index in [1.165, 1.54) is 6.92 Å². The Morgan fingerprint density at radius 1 is 1.27 bits per heavy atom. The molecule has 1 aromatic rings. The summed E-state index contributed by atoms with van der Waals surface area (Å²) in [6.45, 7) is 5.46. The predicted octanol–water partition coefficient (Wildman–Crippen LogP) is 2.10. The van der Waals surface area contributed by atoms with Crippen LogP contribution in [0.25, 0.3) is 0 Å². The van der Waals surface area contributed by atoms with Gasteiger partial charge in [0.1, 0.15) is 5.54 Å². The minimum absolute atomic E-state index is 0.234. The van der Waals surface area contributed by atoms with Crippen LogP contribution < -0.4 is 5.32 Å². The van der Waals surface area contributed by atoms with E-state index in [2.05, 4.69) is 15.5 Å². The second kappa shape index (κ2) is 8.51. The van der Waals surface area contributed by atoms with Gasteiger partial charge in [0.15, 0.2) is 5.82 Å². The molecule has 0 aromatic carbocycles. The fraction of sp³-hybridized carbons (Fsp3) is 0.733. The Hall–Kier alpha value is -1.92. The van der Waals surface area contributed by atoms with Crippen LogP contribution in [0.15, 0.2) is 4.52 Å². The van der Waals surface area contributed by atoms with Gasteiger partial charge < -0.3 is 14.9 Å². The Morgan fingerprint density at radius 3 is 2.59 bits per heavy atom. The van der Waals surface area contributed by atoms with Crippen LogP contribution in [0, 0.1) is 0 Å². The number of carboxylic acids is 1. The van der Waals surface area contributed by atoms with Gasteiger partial charge in [0, 0.05) is 19.3 Å². The van der Waals surface area contributed by atoms with Crippen LogP contribution in [-0.2, 0) is 22.4 Å². The molecule has 0 bridgehead atoms. The normalized spacial score (nSPS) is 13.6. The summed E-state index contributed by atoms with van der Waals surface area (Å²) < 4.78 is 5.09. The number of nitrogens with zero attached hydrogens (tertiary/aromatic N) is 2. The van der Waals surface area contributed by atoms with Crippen molar-refractivity contribution < 1.29 is 19.2 Å². The van der Waals surface area contributed by atoms with Gasteiger partial charge in [-0.25, -0.2) is 4.79 Å². The molecule has 0 aliphatic heterocycles. The second-order valence-corrected chi connectivity index (χ2v) is 5.64. The van der Waals surface area contributed by atoms with Gasteiger partial charge in [-0.15, -0.1) is 0 Å². The van der Waals surface area contributed by atoms with Crippen LogP contribution in [0.4, 0.5) is 0 Å². The number of amides is 1. The summed E-state index contributed by atoms with van der Waals surface area (Å²) in [6.07, 6.45) is 4.11. The lowest BCUT2D eigenvalue weighted by atomic mass is 9.96. The minimum atomic E-state index is -1.20. The fourth-order valence-corrected chi connectivity index (χ4v) is 2.21. The third-order valence-electron chi connectivity index (χ3n) is 3.42. The largest absolute Gasteiger partial charge is 0.480 e. The fourth-order valence-electron chi connectivity index (χ4n) is 2.21. The van der Waals surface area contributed by atoms with E-state index in [9.17, 15) is 14.7 Å². The number of aromatic nitrogens is 2. The van der Waals surface area contributed by atoms with Crippen LogP contribution in [0.2, 0.25) is 0 Å². The van der Waals surface area contributed by atoms with Crippen LogP contribution in [0.1, 0.15) is 64.6 Å². The highest BCUT2D eigenvalue weighted by Gasteiger charge is 2.33. The average molecular weight is 311 g/mol. The molecule has 0 spiro atoms. The van der Waals surface area contributed by atoms with Crippen molar-refractivity contribution in [3.05, 3.63) is 11.7 Å². The van der Waals surface area contributed by atoms with Gasteiger partial charge in [-0.05, 0) is 26.2 Å². The first-order chi connectivity index (χ1) is 10.4. The van der Waals surface area contributed by atoms with Crippen molar-refractivity contribution in [3.8, 4) is 0 Å². The van der Waals surface area contributed by atoms with E-state index >= 15 is 0 Å². The molecule has 1 amide bonds. The number of aliphatic carboxylic acids is 1. The SMILES string of the molecule is CCCc1noc(CCCC(=O)NC(C)(CCC)C(=O)O)n1. The standard InChI is InChI=1S/C15H25N3O4/c1-4-7-11-16-13(22-18-11)9-6-8-12(19)17-15(3,10-5-2)14(20)21/h4-10H2,1-3H3,(H,17,19)(H,20,21). The van der Waals surface area contributed by atoms with E-state index in [1.54, 1.807) is 0 Å². The topological polar surface area (TPSA) is 105 Å². The zero-order valence-electron chi connectivity index (χ0n) is 13.5. The molecule has 1 rings (SSSR count). The molecule has 0 fully saturated rings. The zero-order chi connectivity index (χ0) is 16.6. The number of hydrogen-bond acceptors (Lipinski definition) is 5. The maximum atomic E-state index is 11.9. The molecule has 0 radical (unpaired) electrons. The van der Waals surface area contributed by atoms with Gasteiger partial charge in [-0.2, -0.15) is 4.98 Å². The van der Waals surface area contributed by atoms with E-state index in [1.807, 2.05) is 13.8 Å². The highest BCUT2D eigenvalue weighted by Crippen LogP contribution is 2.13. The maximum absolute atomic E-state index is 11.9. The number of rotatable bonds is 10. The molecule has 0 saturated heterocycles. The third-order valence-corrected chi connectivity index (χ3v) is 3.42. The second-order valence-electron chi connectivity index (χ2n) is 5.64. The predicted molar refractivity (Wildman–Crippen MR) is 80.3 cm³/mol. The molecule has 1 heterocycles. The molecule has 124 valence electrons. The molecule has 22 heavy (non-hydrogen) atoms. The lowest BCUT2D eigenvalue weighted by molar-refractivity contribution is -0.147. The number of nitrogens with one attached hydrogen (secondary N) is 1. The lowest BCUT2D eigenvalue weighted by Crippen LogP contribution is -2.52. The van der Waals surface area contributed by atoms with Gasteiger partial charge >= 0.3 is 5.97 Å². The number of carboxylic acid groups (broad SMARTS) is 1. The first-order valence-electron chi connectivity index (χ1n) is 7.77. The summed E-state index contributed by atoms with van der Waals surface area (Å²) in [4.78, 5) is 27.4. The van der Waals surface area contributed by atoms with E-state index < -0.39 is 11.5 Å². The molecule has 7 heteroatoms. The first-order valence-corrected chi connectivity index (χ1v) is 7.77. The maximum Gasteiger partial charge on any atom is 0.329 e. The van der Waals surface area contributed by atoms with Gasteiger partial charge in [0.2, 0.25) is 11.8 Å². The monoisotopic (exact) mass is 311 g/mol. The van der Waals surface area contributed by atoms with E-state index in [0.717, 1.165) is 12.8 Å². The summed E-state index contributed by atoms with van der Waals surface area (Å²) in [7, 11) is 0. The number of carbonyl (C=O) groups is 2. The van der Waals surface area contributed by atoms with Crippen LogP contribution in [0.5, 0.6) is 0 Å². The third kappa shape index (κ3) is 5.46. The van der Waals surface area contributed by atoms with Crippen molar-refractivity contribution in [3.63, 3.8) is 0 Å². The number of hydrogen-bond donors (Lipinski definition) is 2. The summed E-state index contributed by atoms with van der Waals surface area (Å²) in [5.74, 6) is -0.0791. The van der Waals surface area contributed by atoms with Crippen molar-refractivity contribution in [2.24, 2.45) is 0 Å². The molecule has 0 saturated carbocycles. The molecule has 1 atom stereocenters. The molecule has 0 aliphatic rings. The van der Waals surface area contributed by atoms with Gasteiger partial charge in [0.25, 0.3) is 0 Å². The van der Waals surface area contributed by atoms with Crippen LogP contribution in [0.3, 0.4) is 0 Å². The van der Waals surface area contributed by atoms with Gasteiger partial charge in [-0.3, -0.25) is 4.79 Å². The molecular formula is C15H25N3O4. The first kappa shape index (κ1) is 18.1. The summed E-state index contributed by atoms with van der Waals surface area (Å²) >= 11 is 0.